The van der Waals surface area contributed by atoms with Crippen LogP contribution in [0.3, 0.4) is 0 Å². The first-order valence-corrected chi connectivity index (χ1v) is 7.67. The molecule has 0 unspecified atom stereocenters. The van der Waals surface area contributed by atoms with Gasteiger partial charge < -0.3 is 15.5 Å². The van der Waals surface area contributed by atoms with E-state index in [0.29, 0.717) is 6.42 Å². The lowest BCUT2D eigenvalue weighted by Crippen LogP contribution is -2.36. The number of rotatable bonds is 5. The van der Waals surface area contributed by atoms with Gasteiger partial charge in [0.1, 0.15) is 11.6 Å². The number of hydrogen-bond donors (Lipinski definition) is 2. The van der Waals surface area contributed by atoms with Gasteiger partial charge in [0, 0.05) is 32.4 Å². The minimum atomic E-state index is -1.05. The molecule has 0 aromatic heterocycles. The lowest BCUT2D eigenvalue weighted by atomic mass is 10.1. The Morgan fingerprint density at radius 2 is 1.68 bits per heavy atom. The summed E-state index contributed by atoms with van der Waals surface area (Å²) in [6.07, 6.45) is 0.543. The normalized spacial score (nSPS) is 10.2. The predicted molar refractivity (Wildman–Crippen MR) is 92.5 cm³/mol. The fourth-order valence-corrected chi connectivity index (χ4v) is 2.13. The van der Waals surface area contributed by atoms with Crippen molar-refractivity contribution >= 4 is 23.2 Å². The van der Waals surface area contributed by atoms with Crippen molar-refractivity contribution in [2.24, 2.45) is 0 Å². The van der Waals surface area contributed by atoms with Gasteiger partial charge in [0.2, 0.25) is 0 Å². The number of carbonyl (C=O) groups excluding carboxylic acids is 2. The average Bonchev–Trinajstić information content (AvgIpc) is 2.58. The maximum atomic E-state index is 13.4. The van der Waals surface area contributed by atoms with E-state index in [-0.39, 0.29) is 12.2 Å². The van der Waals surface area contributed by atoms with Crippen molar-refractivity contribution in [1.29, 1.82) is 0 Å². The Balaban J connectivity index is 1.83. The van der Waals surface area contributed by atoms with Crippen LogP contribution in [-0.2, 0) is 16.0 Å². The molecule has 0 aliphatic rings. The van der Waals surface area contributed by atoms with Crippen LogP contribution in [0.5, 0.6) is 0 Å². The van der Waals surface area contributed by atoms with E-state index in [4.69, 9.17) is 0 Å². The molecule has 7 heteroatoms. The van der Waals surface area contributed by atoms with Gasteiger partial charge in [-0.3, -0.25) is 9.59 Å². The molecular weight excluding hydrogens is 328 g/mol. The molecule has 0 saturated heterocycles. The van der Waals surface area contributed by atoms with E-state index in [2.05, 4.69) is 5.32 Å². The summed E-state index contributed by atoms with van der Waals surface area (Å²) in [6.45, 7) is 0.249. The molecule has 0 spiro atoms. The van der Waals surface area contributed by atoms with Crippen molar-refractivity contribution in [2.75, 3.05) is 30.9 Å². The summed E-state index contributed by atoms with van der Waals surface area (Å²) < 4.78 is 26.5. The molecule has 0 radical (unpaired) electrons. The maximum absolute atomic E-state index is 13.4. The number of halogens is 2. The van der Waals surface area contributed by atoms with E-state index in [9.17, 15) is 18.4 Å². The van der Waals surface area contributed by atoms with Gasteiger partial charge in [-0.25, -0.2) is 8.78 Å². The first-order valence-electron chi connectivity index (χ1n) is 7.67. The van der Waals surface area contributed by atoms with Gasteiger partial charge in [-0.05, 0) is 36.2 Å². The number of benzene rings is 2. The van der Waals surface area contributed by atoms with Gasteiger partial charge in [0.05, 0.1) is 5.69 Å². The topological polar surface area (TPSA) is 61.4 Å². The highest BCUT2D eigenvalue weighted by Gasteiger charge is 2.15. The van der Waals surface area contributed by atoms with Crippen LogP contribution in [0, 0.1) is 11.6 Å². The Hall–Kier alpha value is -2.96. The van der Waals surface area contributed by atoms with E-state index in [0.717, 1.165) is 29.4 Å². The second-order valence-corrected chi connectivity index (χ2v) is 5.65. The Morgan fingerprint density at radius 3 is 2.32 bits per heavy atom. The lowest BCUT2D eigenvalue weighted by Gasteiger charge is -2.12. The van der Waals surface area contributed by atoms with Crippen molar-refractivity contribution in [3.8, 4) is 0 Å². The fraction of sp³-hybridized carbons (Fsp3) is 0.222. The quantitative estimate of drug-likeness (QED) is 0.816. The monoisotopic (exact) mass is 347 g/mol. The first-order chi connectivity index (χ1) is 11.9. The van der Waals surface area contributed by atoms with E-state index in [1.165, 1.54) is 0 Å². The molecule has 0 aliphatic heterocycles. The molecule has 5 nitrogen and oxygen atoms in total. The van der Waals surface area contributed by atoms with Gasteiger partial charge in [0.15, 0.2) is 0 Å². The Bertz CT molecular complexity index is 761. The zero-order valence-electron chi connectivity index (χ0n) is 14.0. The zero-order valence-corrected chi connectivity index (χ0v) is 14.0. The molecule has 0 bridgehead atoms. The number of amides is 2. The van der Waals surface area contributed by atoms with E-state index >= 15 is 0 Å². The third-order valence-corrected chi connectivity index (χ3v) is 3.53. The largest absolute Gasteiger partial charge is 0.378 e. The number of nitrogens with zero attached hydrogens (tertiary/aromatic N) is 1. The molecule has 0 atom stereocenters. The summed E-state index contributed by atoms with van der Waals surface area (Å²) in [7, 11) is 3.88. The summed E-state index contributed by atoms with van der Waals surface area (Å²) in [4.78, 5) is 25.4. The van der Waals surface area contributed by atoms with Gasteiger partial charge >= 0.3 is 11.8 Å². The summed E-state index contributed by atoms with van der Waals surface area (Å²) >= 11 is 0. The Kier molecular flexibility index (Phi) is 6.05. The molecule has 0 saturated carbocycles. The highest BCUT2D eigenvalue weighted by atomic mass is 19.1. The molecular formula is C18H19F2N3O2. The Morgan fingerprint density at radius 1 is 1.00 bits per heavy atom. The van der Waals surface area contributed by atoms with Gasteiger partial charge in [0.25, 0.3) is 0 Å². The number of hydrogen-bond acceptors (Lipinski definition) is 3. The minimum Gasteiger partial charge on any atom is -0.378 e. The molecule has 0 fully saturated rings. The van der Waals surface area contributed by atoms with Crippen LogP contribution in [0.15, 0.2) is 42.5 Å². The molecule has 2 aromatic rings. The fourth-order valence-electron chi connectivity index (χ4n) is 2.13. The van der Waals surface area contributed by atoms with E-state index in [1.807, 2.05) is 48.6 Å². The lowest BCUT2D eigenvalue weighted by molar-refractivity contribution is -0.136. The van der Waals surface area contributed by atoms with E-state index < -0.39 is 23.4 Å². The summed E-state index contributed by atoms with van der Waals surface area (Å²) in [6, 6.07) is 10.4. The third-order valence-electron chi connectivity index (χ3n) is 3.53. The number of nitrogens with one attached hydrogen (secondary N) is 2. The second-order valence-electron chi connectivity index (χ2n) is 5.65. The zero-order chi connectivity index (χ0) is 18.4. The van der Waals surface area contributed by atoms with Crippen molar-refractivity contribution in [3.63, 3.8) is 0 Å². The number of carbonyl (C=O) groups is 2. The highest BCUT2D eigenvalue weighted by Crippen LogP contribution is 2.15. The smallest absolute Gasteiger partial charge is 0.313 e. The molecule has 132 valence electrons. The van der Waals surface area contributed by atoms with Crippen molar-refractivity contribution in [2.45, 2.75) is 6.42 Å². The maximum Gasteiger partial charge on any atom is 0.313 e. The second kappa shape index (κ2) is 8.23. The van der Waals surface area contributed by atoms with Crippen LogP contribution < -0.4 is 15.5 Å². The summed E-state index contributed by atoms with van der Waals surface area (Å²) in [5.41, 5.74) is 1.69. The highest BCUT2D eigenvalue weighted by molar-refractivity contribution is 6.39. The predicted octanol–water partition coefficient (Wildman–Crippen LogP) is 2.33. The SMILES string of the molecule is CN(C)c1ccc(CCNC(=O)C(=O)Nc2cc(F)ccc2F)cc1. The van der Waals surface area contributed by atoms with E-state index in [1.54, 1.807) is 0 Å². The first kappa shape index (κ1) is 18.4. The molecule has 2 aromatic carbocycles. The van der Waals surface area contributed by atoms with Crippen molar-refractivity contribution in [3.05, 3.63) is 59.7 Å². The average molecular weight is 347 g/mol. The van der Waals surface area contributed by atoms with Crippen LogP contribution >= 0.6 is 0 Å². The van der Waals surface area contributed by atoms with Crippen LogP contribution in [0.4, 0.5) is 20.2 Å². The molecule has 2 amide bonds. The standard InChI is InChI=1S/C18H19F2N3O2/c1-23(2)14-6-3-12(4-7-14)9-10-21-17(24)18(25)22-16-11-13(19)5-8-15(16)20/h3-8,11H,9-10H2,1-2H3,(H,21,24)(H,22,25). The molecule has 2 N–H and O–H groups in total. The van der Waals surface area contributed by atoms with Crippen molar-refractivity contribution < 1.29 is 18.4 Å². The number of anilines is 2. The third kappa shape index (κ3) is 5.27. The summed E-state index contributed by atoms with van der Waals surface area (Å²) in [5, 5.41) is 4.49. The van der Waals surface area contributed by atoms with Gasteiger partial charge in [-0.15, -0.1) is 0 Å². The molecule has 0 aliphatic carbocycles. The van der Waals surface area contributed by atoms with Crippen molar-refractivity contribution in [1.82, 2.24) is 5.32 Å². The Labute approximate surface area is 144 Å². The van der Waals surface area contributed by atoms with Crippen LogP contribution in [-0.4, -0.2) is 32.5 Å². The van der Waals surface area contributed by atoms with Crippen LogP contribution in [0.25, 0.3) is 0 Å². The molecule has 2 rings (SSSR count). The summed E-state index contributed by atoms with van der Waals surface area (Å²) in [5.74, 6) is -3.48. The van der Waals surface area contributed by atoms with Gasteiger partial charge in [-0.2, -0.15) is 0 Å². The van der Waals surface area contributed by atoms with Crippen LogP contribution in [0.1, 0.15) is 5.56 Å². The van der Waals surface area contributed by atoms with Gasteiger partial charge in [-0.1, -0.05) is 12.1 Å². The van der Waals surface area contributed by atoms with Crippen LogP contribution in [0.2, 0.25) is 0 Å². The minimum absolute atomic E-state index is 0.249. The molecule has 25 heavy (non-hydrogen) atoms. The molecule has 0 heterocycles.